The van der Waals surface area contributed by atoms with Crippen molar-refractivity contribution in [1.29, 1.82) is 0 Å². The van der Waals surface area contributed by atoms with Crippen LogP contribution in [0, 0.1) is 0 Å². The fourth-order valence-corrected chi connectivity index (χ4v) is 4.64. The number of amides is 1. The summed E-state index contributed by atoms with van der Waals surface area (Å²) in [4.78, 5) is 37.0. The number of aryl methyl sites for hydroxylation is 1. The van der Waals surface area contributed by atoms with Crippen LogP contribution in [0.25, 0.3) is 22.2 Å². The molecule has 4 aromatic rings. The zero-order chi connectivity index (χ0) is 27.0. The number of hydrogen-bond acceptors (Lipinski definition) is 8. The molecule has 0 unspecified atom stereocenters. The second kappa shape index (κ2) is 9.92. The Morgan fingerprint density at radius 3 is 2.58 bits per heavy atom. The predicted molar refractivity (Wildman–Crippen MR) is 141 cm³/mol. The predicted octanol–water partition coefficient (Wildman–Crippen LogP) is 3.85. The third-order valence-corrected chi connectivity index (χ3v) is 6.48. The van der Waals surface area contributed by atoms with Crippen LogP contribution in [-0.4, -0.2) is 59.4 Å². The van der Waals surface area contributed by atoms with Crippen molar-refractivity contribution in [3.63, 3.8) is 0 Å². The summed E-state index contributed by atoms with van der Waals surface area (Å²) >= 11 is 0. The second-order valence-electron chi connectivity index (χ2n) is 10.6. The number of nitrogens with one attached hydrogen (secondary N) is 1. The van der Waals surface area contributed by atoms with Gasteiger partial charge in [0.05, 0.1) is 17.8 Å². The lowest BCUT2D eigenvalue weighted by molar-refractivity contribution is 0.0588. The van der Waals surface area contributed by atoms with E-state index in [-0.39, 0.29) is 23.7 Å². The monoisotopic (exact) mass is 520 g/mol. The minimum atomic E-state index is -0.617. The molecule has 0 spiro atoms. The molecule has 4 heterocycles. The second-order valence-corrected chi connectivity index (χ2v) is 10.6. The number of rotatable bonds is 5. The van der Waals surface area contributed by atoms with Crippen LogP contribution in [0.4, 0.5) is 10.6 Å². The van der Waals surface area contributed by atoms with E-state index in [0.29, 0.717) is 5.82 Å². The van der Waals surface area contributed by atoms with Crippen molar-refractivity contribution >= 4 is 22.8 Å². The van der Waals surface area contributed by atoms with Crippen LogP contribution in [0.5, 0.6) is 6.01 Å². The zero-order valence-electron chi connectivity index (χ0n) is 22.2. The maximum Gasteiger partial charge on any atom is 0.415 e. The fraction of sp³-hybridized carbons (Fsp3) is 0.462. The average Bonchev–Trinajstić information content (AvgIpc) is 3.46. The molecule has 1 amide bonds. The summed E-state index contributed by atoms with van der Waals surface area (Å²) < 4.78 is 15.2. The summed E-state index contributed by atoms with van der Waals surface area (Å²) in [6.45, 7) is 5.49. The number of fused-ring (bicyclic) bond motifs is 1. The Hall–Kier alpha value is -4.22. The molecule has 12 nitrogen and oxygen atoms in total. The maximum atomic E-state index is 12.7. The number of carbonyl (C=O) groups excluding carboxylic acids is 1. The molecule has 4 aromatic heterocycles. The summed E-state index contributed by atoms with van der Waals surface area (Å²) in [6.07, 6.45) is 9.58. The largest absolute Gasteiger partial charge is 0.461 e. The minimum Gasteiger partial charge on any atom is -0.461 e. The fourth-order valence-electron chi connectivity index (χ4n) is 4.64. The van der Waals surface area contributed by atoms with Crippen LogP contribution < -0.4 is 15.2 Å². The number of carbonyl (C=O) groups is 1. The van der Waals surface area contributed by atoms with Crippen molar-refractivity contribution in [2.24, 2.45) is 7.05 Å². The molecule has 0 saturated heterocycles. The summed E-state index contributed by atoms with van der Waals surface area (Å²) in [5.74, 6) is 0.474. The van der Waals surface area contributed by atoms with Gasteiger partial charge in [-0.15, -0.1) is 0 Å². The number of H-pyrrole nitrogens is 1. The van der Waals surface area contributed by atoms with Gasteiger partial charge in [-0.25, -0.2) is 14.8 Å². The van der Waals surface area contributed by atoms with E-state index >= 15 is 0 Å². The highest BCUT2D eigenvalue weighted by Crippen LogP contribution is 2.36. The molecule has 1 aliphatic rings. The van der Waals surface area contributed by atoms with Crippen molar-refractivity contribution in [3.05, 3.63) is 47.3 Å². The normalized spacial score (nSPS) is 17.9. The van der Waals surface area contributed by atoms with Crippen molar-refractivity contribution in [2.45, 2.75) is 64.2 Å². The number of hydrogen-bond donors (Lipinski definition) is 1. The van der Waals surface area contributed by atoms with Crippen molar-refractivity contribution in [3.8, 4) is 17.3 Å². The van der Waals surface area contributed by atoms with Crippen LogP contribution in [0.1, 0.15) is 52.5 Å². The van der Waals surface area contributed by atoms with E-state index in [1.165, 1.54) is 17.2 Å². The first-order valence-corrected chi connectivity index (χ1v) is 12.6. The van der Waals surface area contributed by atoms with Crippen LogP contribution in [-0.2, 0) is 11.8 Å². The molecule has 0 aliphatic heterocycles. The smallest absolute Gasteiger partial charge is 0.415 e. The molecule has 5 rings (SSSR count). The Kier molecular flexibility index (Phi) is 6.64. The van der Waals surface area contributed by atoms with E-state index in [0.717, 1.165) is 47.8 Å². The number of aromatic nitrogens is 7. The van der Waals surface area contributed by atoms with E-state index in [1.807, 2.05) is 44.8 Å². The highest BCUT2D eigenvalue weighted by molar-refractivity contribution is 5.95. The molecular formula is C26H32N8O4. The third kappa shape index (κ3) is 5.38. The molecule has 1 N–H and O–H groups in total. The lowest BCUT2D eigenvalue weighted by Gasteiger charge is -2.29. The molecular weight excluding hydrogens is 488 g/mol. The van der Waals surface area contributed by atoms with Gasteiger partial charge < -0.3 is 9.47 Å². The van der Waals surface area contributed by atoms with Crippen LogP contribution >= 0.6 is 0 Å². The van der Waals surface area contributed by atoms with Crippen LogP contribution in [0.2, 0.25) is 0 Å². The Labute approximate surface area is 219 Å². The SMILES string of the molecule is CN(C(=O)OC(C)(C)C)c1cc2c(cn1)c(-c1cnn(C)c1)nn2C1CCC(Oc2nccc(=O)[nH]2)CC1. The molecule has 0 bridgehead atoms. The molecule has 1 fully saturated rings. The highest BCUT2D eigenvalue weighted by Gasteiger charge is 2.28. The lowest BCUT2D eigenvalue weighted by atomic mass is 9.93. The highest BCUT2D eigenvalue weighted by atomic mass is 16.6. The van der Waals surface area contributed by atoms with E-state index in [9.17, 15) is 9.59 Å². The van der Waals surface area contributed by atoms with Crippen molar-refractivity contribution < 1.29 is 14.3 Å². The Morgan fingerprint density at radius 1 is 1.16 bits per heavy atom. The first-order valence-electron chi connectivity index (χ1n) is 12.6. The summed E-state index contributed by atoms with van der Waals surface area (Å²) in [6, 6.07) is 3.60. The van der Waals surface area contributed by atoms with Gasteiger partial charge in [0.25, 0.3) is 11.6 Å². The average molecular weight is 521 g/mol. The minimum absolute atomic E-state index is 0.0491. The molecule has 1 saturated carbocycles. The van der Waals surface area contributed by atoms with Crippen molar-refractivity contribution in [2.75, 3.05) is 11.9 Å². The lowest BCUT2D eigenvalue weighted by Crippen LogP contribution is -2.34. The van der Waals surface area contributed by atoms with E-state index in [1.54, 1.807) is 24.1 Å². The number of nitrogens with zero attached hydrogens (tertiary/aromatic N) is 7. The summed E-state index contributed by atoms with van der Waals surface area (Å²) in [5.41, 5.74) is 1.70. The Bertz CT molecular complexity index is 1510. The van der Waals surface area contributed by atoms with Gasteiger partial charge in [0, 0.05) is 55.8 Å². The van der Waals surface area contributed by atoms with Gasteiger partial charge in [0.15, 0.2) is 0 Å². The molecule has 0 aromatic carbocycles. The molecule has 38 heavy (non-hydrogen) atoms. The number of pyridine rings is 1. The van der Waals surface area contributed by atoms with Crippen LogP contribution in [0.15, 0.2) is 41.7 Å². The van der Waals surface area contributed by atoms with Gasteiger partial charge in [0.1, 0.15) is 23.2 Å². The first-order chi connectivity index (χ1) is 18.1. The van der Waals surface area contributed by atoms with Gasteiger partial charge in [-0.1, -0.05) is 0 Å². The Morgan fingerprint density at radius 2 is 1.92 bits per heavy atom. The zero-order valence-corrected chi connectivity index (χ0v) is 22.2. The van der Waals surface area contributed by atoms with Gasteiger partial charge >= 0.3 is 6.09 Å². The standard InChI is InChI=1S/C26H32N8O4/c1-26(2,3)38-25(36)33(5)21-12-20-19(14-28-21)23(16-13-29-32(4)15-16)31-34(20)17-6-8-18(9-7-17)37-24-27-11-10-22(35)30-24/h10-15,17-18H,6-9H2,1-5H3,(H,27,30,35). The van der Waals surface area contributed by atoms with E-state index in [2.05, 4.69) is 20.1 Å². The third-order valence-electron chi connectivity index (χ3n) is 6.48. The summed E-state index contributed by atoms with van der Waals surface area (Å²) in [7, 11) is 3.51. The van der Waals surface area contributed by atoms with Gasteiger partial charge in [-0.3, -0.25) is 24.0 Å². The number of ether oxygens (including phenoxy) is 2. The van der Waals surface area contributed by atoms with Crippen LogP contribution in [0.3, 0.4) is 0 Å². The quantitative estimate of drug-likeness (QED) is 0.420. The van der Waals surface area contributed by atoms with Gasteiger partial charge in [-0.2, -0.15) is 10.2 Å². The number of aromatic amines is 1. The Balaban J connectivity index is 1.44. The molecule has 0 radical (unpaired) electrons. The molecule has 1 aliphatic carbocycles. The van der Waals surface area contributed by atoms with Gasteiger partial charge in [0.2, 0.25) is 0 Å². The van der Waals surface area contributed by atoms with Gasteiger partial charge in [-0.05, 0) is 46.5 Å². The van der Waals surface area contributed by atoms with Crippen molar-refractivity contribution in [1.82, 2.24) is 34.5 Å². The number of anilines is 1. The van der Waals surface area contributed by atoms with E-state index < -0.39 is 11.7 Å². The molecule has 12 heteroatoms. The van der Waals surface area contributed by atoms with E-state index in [4.69, 9.17) is 14.6 Å². The topological polar surface area (TPSA) is 133 Å². The maximum absolute atomic E-state index is 12.7. The molecule has 200 valence electrons. The molecule has 0 atom stereocenters. The summed E-state index contributed by atoms with van der Waals surface area (Å²) in [5, 5.41) is 10.2. The first kappa shape index (κ1) is 25.4.